The fourth-order valence-corrected chi connectivity index (χ4v) is 5.47. The summed E-state index contributed by atoms with van der Waals surface area (Å²) in [5.41, 5.74) is 4.78. The Balaban J connectivity index is -0.0000000906. The van der Waals surface area contributed by atoms with Gasteiger partial charge in [-0.2, -0.15) is 0 Å². The summed E-state index contributed by atoms with van der Waals surface area (Å²) in [6, 6.07) is 20.8. The first-order chi connectivity index (χ1) is 45.3. The molecule has 0 bridgehead atoms. The SMILES string of the molecule is CCC.CCC.CCC.CO.[2H]C(C)CCc1ccccc1.[2H]C(C)Cc1ccccc1.[2H]N(C)CC.[2H]N(CC)C(C)(C)C.[2H]N(CC)C(C)C.[2H]N(CC)CC.[2H]N(CC)CCC.[2H]N(CC)CCCC.[2H]N1CCCC1.[2H]N1CCCC1.[2H]N1CCCCC1.[2H]NCC. The zero-order chi connectivity index (χ0) is 77.0. The molecule has 2 aromatic carbocycles. The van der Waals surface area contributed by atoms with Crippen molar-refractivity contribution in [1.29, 1.82) is 0 Å². The van der Waals surface area contributed by atoms with Crippen molar-refractivity contribution in [2.75, 3.05) is 119 Å². The maximum atomic E-state index is 7.33. The highest BCUT2D eigenvalue weighted by Gasteiger charge is 2.04. The third kappa shape index (κ3) is 171. The van der Waals surface area contributed by atoms with Crippen LogP contribution in [0, 0.1) is 0 Å². The highest BCUT2D eigenvalue weighted by atomic mass is 16.2. The Labute approximate surface area is 550 Å². The van der Waals surface area contributed by atoms with Gasteiger partial charge in [-0.3, -0.25) is 0 Å². The molecule has 5 rings (SSSR count). The molecular formula is C73H166N10O. The molecule has 12 N–H and O–H groups in total. The smallest absolute Gasteiger partial charge is 0.123 e. The summed E-state index contributed by atoms with van der Waals surface area (Å²) in [5.74, 6) is 0. The van der Waals surface area contributed by atoms with Crippen LogP contribution in [0.3, 0.4) is 0 Å². The van der Waals surface area contributed by atoms with Crippen molar-refractivity contribution in [3.05, 3.63) is 71.8 Å². The molecule has 84 heavy (non-hydrogen) atoms. The fourth-order valence-electron chi connectivity index (χ4n) is 5.47. The molecule has 0 radical (unpaired) electrons. The first kappa shape index (κ1) is 78.1. The fraction of sp³-hybridized carbons (Fsp3) is 0.836. The van der Waals surface area contributed by atoms with Gasteiger partial charge in [0, 0.05) is 21.4 Å². The van der Waals surface area contributed by atoms with Gasteiger partial charge in [-0.1, -0.05) is 244 Å². The number of aryl methyl sites for hydroxylation is 2. The summed E-state index contributed by atoms with van der Waals surface area (Å²) in [6.45, 7) is 60.9. The van der Waals surface area contributed by atoms with Crippen molar-refractivity contribution in [1.82, 2.24) is 47.8 Å². The molecule has 3 aliphatic heterocycles. The second kappa shape index (κ2) is 119. The van der Waals surface area contributed by atoms with Crippen LogP contribution in [0.15, 0.2) is 60.7 Å². The Morgan fingerprint density at radius 3 is 1.01 bits per heavy atom. The lowest BCUT2D eigenvalue weighted by molar-refractivity contribution is 0.399. The Morgan fingerprint density at radius 1 is 0.500 bits per heavy atom. The quantitative estimate of drug-likeness (QED) is 0.0652. The Kier molecular flexibility index (Phi) is 111. The molecule has 2 unspecified atom stereocenters. The molecule has 3 aliphatic rings. The average molecular weight is 1210 g/mol. The van der Waals surface area contributed by atoms with Gasteiger partial charge in [-0.25, -0.2) is 0 Å². The molecule has 0 spiro atoms. The highest BCUT2D eigenvalue weighted by Crippen LogP contribution is 2.03. The maximum absolute atomic E-state index is 7.33. The second-order valence-electron chi connectivity index (χ2n) is 20.1. The van der Waals surface area contributed by atoms with Crippen LogP contribution in [0.1, 0.15) is 276 Å². The van der Waals surface area contributed by atoms with Crippen LogP contribution in [0.25, 0.3) is 0 Å². The molecule has 0 amide bonds. The second-order valence-corrected chi connectivity index (χ2v) is 20.1. The standard InChI is InChI=1S/C10H14.C9H12.2C6H15N.C5H11N.2C5H13N.2C4H9N.C4H11N.C3H9N.3C3H8.C2H7N.CH4O/c1-2-3-7-10-8-5-4-6-9-10;1-2-6-9-7-4-3-5-8-9;1-5-7-6(2,3)4;1-3-5-6-7-4-2;1-2-4-6-5-3-1;1-4-6-5(2)3;1-3-5-6-4-2;2*1-2-4-5-3-1;1-3-5-4-2;1-3-4-2;3*1-3-2;1-2-3;1-2/h4-6,8-9H,2-3,7H2,1H3;3-5,7-8H,2,6H2,1H3;7H,5H2,1-4H3;7H,3-6H2,1-2H3;6H,1-5H2;5-6H,4H2,1-3H3;6H,3-5H2,1-2H3;2*5H,1-4H2;5H,3-4H2,1-2H3;4H,3H2,1-2H3;3*3H2,1-2H3;2-3H2,1H3;2H,1H3/i2*2D;;;;;;;;;;;;;;/hD10. The summed E-state index contributed by atoms with van der Waals surface area (Å²) in [5, 5.41) is 21.0. The number of unbranched alkanes of at least 4 members (excludes halogenated alkanes) is 1. The van der Waals surface area contributed by atoms with E-state index in [-0.39, 0.29) is 18.3 Å². The third-order valence-electron chi connectivity index (χ3n) is 9.19. The van der Waals surface area contributed by atoms with E-state index in [1.165, 1.54) is 92.4 Å². The van der Waals surface area contributed by atoms with Gasteiger partial charge >= 0.3 is 0 Å². The minimum absolute atomic E-state index is 0.00868. The van der Waals surface area contributed by atoms with Gasteiger partial charge in [0.25, 0.3) is 0 Å². The van der Waals surface area contributed by atoms with Crippen molar-refractivity contribution >= 4 is 0 Å². The van der Waals surface area contributed by atoms with E-state index in [0.717, 1.165) is 144 Å². The molecule has 3 heterocycles. The Hall–Kier alpha value is -2.00. The molecule has 3 saturated heterocycles. The molecule has 3 fully saturated rings. The van der Waals surface area contributed by atoms with Crippen LogP contribution in [0.4, 0.5) is 0 Å². The van der Waals surface area contributed by atoms with Crippen LogP contribution in [0.2, 0.25) is 14.1 Å². The van der Waals surface area contributed by atoms with E-state index in [2.05, 4.69) is 85.4 Å². The van der Waals surface area contributed by atoms with E-state index in [1.54, 1.807) is 44.2 Å². The summed E-state index contributed by atoms with van der Waals surface area (Å²) in [6.07, 6.45) is 18.8. The van der Waals surface area contributed by atoms with Crippen LogP contribution in [-0.2, 0) is 12.8 Å². The minimum Gasteiger partial charge on any atom is -0.400 e. The molecule has 514 valence electrons. The molecule has 0 aromatic heterocycles. The van der Waals surface area contributed by atoms with E-state index in [0.29, 0.717) is 6.04 Å². The van der Waals surface area contributed by atoms with Gasteiger partial charge in [-0.15, -0.1) is 0 Å². The van der Waals surface area contributed by atoms with E-state index >= 15 is 0 Å². The van der Waals surface area contributed by atoms with Crippen LogP contribution in [-0.4, -0.2) is 136 Å². The van der Waals surface area contributed by atoms with E-state index < -0.39 is 0 Å². The monoisotopic (exact) mass is 1210 g/mol. The van der Waals surface area contributed by atoms with Crippen LogP contribution >= 0.6 is 0 Å². The van der Waals surface area contributed by atoms with E-state index in [1.807, 2.05) is 140 Å². The number of hydrogen-bond acceptors (Lipinski definition) is 11. The number of benzene rings is 2. The molecule has 0 aliphatic carbocycles. The lowest BCUT2D eigenvalue weighted by Gasteiger charge is -2.18. The number of piperidine rings is 1. The van der Waals surface area contributed by atoms with Gasteiger partial charge < -0.3 is 58.6 Å². The number of rotatable bonds is 19. The third-order valence-corrected chi connectivity index (χ3v) is 9.19. The number of nitrogens with one attached hydrogen (secondary N) is 9. The van der Waals surface area contributed by atoms with E-state index in [9.17, 15) is 0 Å². The molecule has 2 aromatic rings. The molecule has 2 atom stereocenters. The zero-order valence-electron chi connectivity index (χ0n) is 73.6. The maximum Gasteiger partial charge on any atom is 0.123 e. The van der Waals surface area contributed by atoms with Gasteiger partial charge in [0.2, 0.25) is 0 Å². The summed E-state index contributed by atoms with van der Waals surface area (Å²) < 4.78 is 84.1. The summed E-state index contributed by atoms with van der Waals surface area (Å²) >= 11 is 0. The minimum atomic E-state index is 0.00868. The number of aliphatic hydroxyl groups is 1. The van der Waals surface area contributed by atoms with Gasteiger partial charge in [0.1, 0.15) is 14.1 Å². The topological polar surface area (TPSA) is 155 Å². The van der Waals surface area contributed by atoms with Crippen LogP contribution in [0.5, 0.6) is 0 Å². The average Bonchev–Trinajstić information content (AvgIpc) is 3.95. The van der Waals surface area contributed by atoms with Crippen LogP contribution < -0.4 is 53.5 Å². The predicted molar refractivity (Wildman–Crippen MR) is 396 cm³/mol. The predicted octanol–water partition coefficient (Wildman–Crippen LogP) is 16.6. The van der Waals surface area contributed by atoms with Gasteiger partial charge in [0.05, 0.1) is 0 Å². The first-order valence-corrected chi connectivity index (χ1v) is 33.9. The summed E-state index contributed by atoms with van der Waals surface area (Å²) in [7, 11) is 2.72. The lowest BCUT2D eigenvalue weighted by Crippen LogP contribution is -2.35. The first-order valence-electron chi connectivity index (χ1n) is 39.6. The highest BCUT2D eigenvalue weighted by molar-refractivity contribution is 5.15. The van der Waals surface area contributed by atoms with Crippen molar-refractivity contribution in [2.24, 2.45) is 5.73 Å². The van der Waals surface area contributed by atoms with Gasteiger partial charge in [-0.05, 0) is 214 Å². The number of aliphatic hydroxyl groups excluding tert-OH is 1. The Morgan fingerprint density at radius 2 is 0.845 bits per heavy atom. The van der Waals surface area contributed by atoms with E-state index in [4.69, 9.17) is 22.0 Å². The van der Waals surface area contributed by atoms with Crippen molar-refractivity contribution < 1.29 is 22.0 Å². The molecular weight excluding hydrogens is 1030 g/mol. The largest absolute Gasteiger partial charge is 0.400 e. The van der Waals surface area contributed by atoms with Crippen molar-refractivity contribution in [3.8, 4) is 0 Å². The molecule has 11 nitrogen and oxygen atoms in total. The molecule has 0 saturated carbocycles. The zero-order valence-corrected chi connectivity index (χ0v) is 61.6. The number of nitrogens with two attached hydrogens (primary N) is 1. The Bertz CT molecular complexity index is 1520. The number of hydrogen-bond donors (Lipinski definition) is 11. The lowest BCUT2D eigenvalue weighted by atomic mass is 10.1. The summed E-state index contributed by atoms with van der Waals surface area (Å²) in [4.78, 5) is 0. The normalized spacial score (nSPS) is 15.5. The molecule has 11 heteroatoms. The van der Waals surface area contributed by atoms with Gasteiger partial charge in [0.15, 0.2) is 0 Å². The van der Waals surface area contributed by atoms with Crippen molar-refractivity contribution in [2.45, 2.75) is 286 Å². The van der Waals surface area contributed by atoms with Crippen molar-refractivity contribution in [3.63, 3.8) is 0 Å².